The summed E-state index contributed by atoms with van der Waals surface area (Å²) in [4.78, 5) is 28.5. The first-order chi connectivity index (χ1) is 10.8. The van der Waals surface area contributed by atoms with Gasteiger partial charge in [-0.1, -0.05) is 0 Å². The number of carbonyl (C=O) groups is 2. The highest BCUT2D eigenvalue weighted by molar-refractivity contribution is 7.08. The maximum atomic E-state index is 12.4. The smallest absolute Gasteiger partial charge is 0.254 e. The van der Waals surface area contributed by atoms with E-state index in [0.717, 1.165) is 44.7 Å². The topological polar surface area (TPSA) is 52.7 Å². The first-order valence-corrected chi connectivity index (χ1v) is 9.14. The van der Waals surface area contributed by atoms with Crippen LogP contribution in [-0.2, 0) is 4.79 Å². The van der Waals surface area contributed by atoms with Crippen molar-refractivity contribution in [1.82, 2.24) is 15.1 Å². The summed E-state index contributed by atoms with van der Waals surface area (Å²) < 4.78 is 0. The maximum Gasteiger partial charge on any atom is 0.254 e. The Labute approximate surface area is 142 Å². The molecule has 0 unspecified atom stereocenters. The summed E-state index contributed by atoms with van der Waals surface area (Å²) in [5, 5.41) is 6.83. The van der Waals surface area contributed by atoms with Crippen LogP contribution in [0.5, 0.6) is 0 Å². The Morgan fingerprint density at radius 2 is 2.00 bits per heavy atom. The van der Waals surface area contributed by atoms with E-state index in [1.165, 1.54) is 0 Å². The quantitative estimate of drug-likeness (QED) is 0.916. The van der Waals surface area contributed by atoms with Gasteiger partial charge < -0.3 is 15.1 Å². The second-order valence-corrected chi connectivity index (χ2v) is 7.83. The molecule has 0 atom stereocenters. The molecular formula is C17H27N3O2S. The molecule has 1 aliphatic heterocycles. The van der Waals surface area contributed by atoms with Crippen molar-refractivity contribution >= 4 is 23.2 Å². The van der Waals surface area contributed by atoms with Gasteiger partial charge in [0.25, 0.3) is 5.91 Å². The van der Waals surface area contributed by atoms with Crippen molar-refractivity contribution in [3.63, 3.8) is 0 Å². The number of carbonyl (C=O) groups excluding carboxylic acids is 2. The summed E-state index contributed by atoms with van der Waals surface area (Å²) in [6.07, 6.45) is 1.46. The lowest BCUT2D eigenvalue weighted by Crippen LogP contribution is -2.42. The van der Waals surface area contributed by atoms with E-state index in [-0.39, 0.29) is 17.4 Å². The van der Waals surface area contributed by atoms with Gasteiger partial charge in [0.1, 0.15) is 0 Å². The molecule has 5 nitrogen and oxygen atoms in total. The highest BCUT2D eigenvalue weighted by Gasteiger charge is 2.21. The van der Waals surface area contributed by atoms with Gasteiger partial charge in [-0.15, -0.1) is 0 Å². The van der Waals surface area contributed by atoms with Crippen LogP contribution < -0.4 is 5.32 Å². The van der Waals surface area contributed by atoms with Crippen molar-refractivity contribution in [3.05, 3.63) is 22.4 Å². The second kappa shape index (κ2) is 7.93. The van der Waals surface area contributed by atoms with Gasteiger partial charge in [0, 0.05) is 43.5 Å². The molecule has 0 spiro atoms. The van der Waals surface area contributed by atoms with E-state index < -0.39 is 0 Å². The van der Waals surface area contributed by atoms with E-state index in [2.05, 4.69) is 10.2 Å². The van der Waals surface area contributed by atoms with E-state index in [1.54, 1.807) is 11.3 Å². The zero-order valence-electron chi connectivity index (χ0n) is 14.3. The van der Waals surface area contributed by atoms with E-state index in [1.807, 2.05) is 42.5 Å². The van der Waals surface area contributed by atoms with E-state index in [4.69, 9.17) is 0 Å². The largest absolute Gasteiger partial charge is 0.351 e. The molecule has 0 bridgehead atoms. The van der Waals surface area contributed by atoms with Crippen molar-refractivity contribution < 1.29 is 9.59 Å². The molecule has 6 heteroatoms. The minimum Gasteiger partial charge on any atom is -0.351 e. The Hall–Kier alpha value is -1.40. The van der Waals surface area contributed by atoms with Gasteiger partial charge in [-0.05, 0) is 45.2 Å². The van der Waals surface area contributed by atoms with Gasteiger partial charge in [-0.25, -0.2) is 0 Å². The number of nitrogens with one attached hydrogen (secondary N) is 1. The maximum absolute atomic E-state index is 12.4. The van der Waals surface area contributed by atoms with E-state index >= 15 is 0 Å². The van der Waals surface area contributed by atoms with Crippen LogP contribution >= 0.6 is 11.3 Å². The molecule has 23 heavy (non-hydrogen) atoms. The van der Waals surface area contributed by atoms with Gasteiger partial charge in [-0.3, -0.25) is 9.59 Å². The molecule has 1 aromatic heterocycles. The third kappa shape index (κ3) is 5.95. The van der Waals surface area contributed by atoms with Crippen molar-refractivity contribution in [2.24, 2.45) is 0 Å². The van der Waals surface area contributed by atoms with Crippen molar-refractivity contribution in [2.75, 3.05) is 32.7 Å². The zero-order chi connectivity index (χ0) is 16.9. The molecule has 2 heterocycles. The molecule has 1 fully saturated rings. The third-order valence-electron chi connectivity index (χ3n) is 3.81. The third-order valence-corrected chi connectivity index (χ3v) is 4.50. The zero-order valence-corrected chi connectivity index (χ0v) is 15.1. The molecule has 0 aliphatic carbocycles. The van der Waals surface area contributed by atoms with Crippen molar-refractivity contribution in [3.8, 4) is 0 Å². The molecule has 2 amide bonds. The van der Waals surface area contributed by atoms with Crippen LogP contribution in [0.3, 0.4) is 0 Å². The highest BCUT2D eigenvalue weighted by Crippen LogP contribution is 2.12. The Morgan fingerprint density at radius 3 is 2.65 bits per heavy atom. The molecule has 1 aromatic rings. The summed E-state index contributed by atoms with van der Waals surface area (Å²) in [6, 6.07) is 1.88. The molecule has 0 aromatic carbocycles. The molecule has 1 aliphatic rings. The van der Waals surface area contributed by atoms with Crippen LogP contribution in [0, 0.1) is 0 Å². The Kier molecular flexibility index (Phi) is 6.18. The fraction of sp³-hybridized carbons (Fsp3) is 0.647. The van der Waals surface area contributed by atoms with Gasteiger partial charge in [0.2, 0.25) is 5.91 Å². The lowest BCUT2D eigenvalue weighted by molar-refractivity contribution is -0.122. The minimum atomic E-state index is -0.181. The number of hydrogen-bond donors (Lipinski definition) is 1. The Bertz CT molecular complexity index is 522. The lowest BCUT2D eigenvalue weighted by atomic mass is 10.1. The van der Waals surface area contributed by atoms with E-state index in [9.17, 15) is 9.59 Å². The Balaban J connectivity index is 1.78. The fourth-order valence-electron chi connectivity index (χ4n) is 2.71. The summed E-state index contributed by atoms with van der Waals surface area (Å²) in [5.41, 5.74) is 0.604. The summed E-state index contributed by atoms with van der Waals surface area (Å²) in [5.74, 6) is 0.214. The predicted octanol–water partition coefficient (Wildman–Crippen LogP) is 2.20. The molecule has 1 N–H and O–H groups in total. The fourth-order valence-corrected chi connectivity index (χ4v) is 3.34. The molecule has 0 saturated carbocycles. The van der Waals surface area contributed by atoms with Crippen LogP contribution in [-0.4, -0.2) is 59.9 Å². The average Bonchev–Trinajstić information content (AvgIpc) is 2.88. The first kappa shape index (κ1) is 17.9. The lowest BCUT2D eigenvalue weighted by Gasteiger charge is -2.23. The normalized spacial score (nSPS) is 16.9. The summed E-state index contributed by atoms with van der Waals surface area (Å²) in [6.45, 7) is 10.0. The molecular weight excluding hydrogens is 310 g/mol. The molecule has 2 rings (SSSR count). The first-order valence-electron chi connectivity index (χ1n) is 8.20. The summed E-state index contributed by atoms with van der Waals surface area (Å²) in [7, 11) is 0. The SMILES string of the molecule is CC(C)(C)NC(=O)CCN1CCCN(C(=O)c2ccsc2)CC1. The van der Waals surface area contributed by atoms with Gasteiger partial charge in [-0.2, -0.15) is 11.3 Å². The monoisotopic (exact) mass is 337 g/mol. The minimum absolute atomic E-state index is 0.0907. The molecule has 0 radical (unpaired) electrons. The van der Waals surface area contributed by atoms with Crippen LogP contribution in [0.1, 0.15) is 44.0 Å². The van der Waals surface area contributed by atoms with Gasteiger partial charge >= 0.3 is 0 Å². The highest BCUT2D eigenvalue weighted by atomic mass is 32.1. The van der Waals surface area contributed by atoms with Crippen molar-refractivity contribution in [2.45, 2.75) is 39.2 Å². The number of thiophene rings is 1. The number of amides is 2. The van der Waals surface area contributed by atoms with Crippen LogP contribution in [0.2, 0.25) is 0 Å². The van der Waals surface area contributed by atoms with Gasteiger partial charge in [0.15, 0.2) is 0 Å². The molecule has 128 valence electrons. The van der Waals surface area contributed by atoms with Crippen LogP contribution in [0.25, 0.3) is 0 Å². The van der Waals surface area contributed by atoms with E-state index in [0.29, 0.717) is 6.42 Å². The van der Waals surface area contributed by atoms with Crippen LogP contribution in [0.15, 0.2) is 16.8 Å². The number of nitrogens with zero attached hydrogens (tertiary/aromatic N) is 2. The number of rotatable bonds is 4. The predicted molar refractivity (Wildman–Crippen MR) is 93.8 cm³/mol. The summed E-state index contributed by atoms with van der Waals surface area (Å²) >= 11 is 1.55. The average molecular weight is 337 g/mol. The van der Waals surface area contributed by atoms with Crippen LogP contribution in [0.4, 0.5) is 0 Å². The van der Waals surface area contributed by atoms with Gasteiger partial charge in [0.05, 0.1) is 5.56 Å². The standard InChI is InChI=1S/C17H27N3O2S/c1-17(2,3)18-15(21)5-9-19-7-4-8-20(11-10-19)16(22)14-6-12-23-13-14/h6,12-13H,4-5,7-11H2,1-3H3,(H,18,21). The van der Waals surface area contributed by atoms with Crippen molar-refractivity contribution in [1.29, 1.82) is 0 Å². The molecule has 1 saturated heterocycles. The Morgan fingerprint density at radius 1 is 1.22 bits per heavy atom. The second-order valence-electron chi connectivity index (χ2n) is 7.05. The number of hydrogen-bond acceptors (Lipinski definition) is 4.